The van der Waals surface area contributed by atoms with Crippen molar-refractivity contribution in [2.45, 2.75) is 277 Å². The summed E-state index contributed by atoms with van der Waals surface area (Å²) in [5.41, 5.74) is 0. The summed E-state index contributed by atoms with van der Waals surface area (Å²) in [5, 5.41) is 10.4. The van der Waals surface area contributed by atoms with E-state index in [4.69, 9.17) is 37.0 Å². The van der Waals surface area contributed by atoms with Gasteiger partial charge in [0.25, 0.3) is 0 Å². The Morgan fingerprint density at radius 3 is 0.819 bits per heavy atom. The average Bonchev–Trinajstić information content (AvgIpc) is 3.35. The Morgan fingerprint density at radius 2 is 0.556 bits per heavy atom. The Balaban J connectivity index is 4.98. The molecule has 0 aromatic carbocycles. The van der Waals surface area contributed by atoms with Crippen molar-refractivity contribution in [3.05, 3.63) is 0 Å². The van der Waals surface area contributed by atoms with E-state index >= 15 is 0 Å². The summed E-state index contributed by atoms with van der Waals surface area (Å²) >= 11 is 0. The van der Waals surface area contributed by atoms with E-state index in [0.29, 0.717) is 25.7 Å². The fraction of sp³-hybridized carbons (Fsp3) is 0.925. The van der Waals surface area contributed by atoms with Gasteiger partial charge in [0.15, 0.2) is 12.2 Å². The monoisotopic (exact) mass is 1070 g/mol. The Morgan fingerprint density at radius 1 is 0.333 bits per heavy atom. The van der Waals surface area contributed by atoms with E-state index in [-0.39, 0.29) is 25.7 Å². The first-order chi connectivity index (χ1) is 34.7. The number of esters is 4. The molecule has 0 saturated heterocycles. The van der Waals surface area contributed by atoms with Gasteiger partial charge < -0.3 is 33.8 Å². The van der Waals surface area contributed by atoms with Gasteiger partial charge in [0.2, 0.25) is 0 Å². The third-order valence-electron chi connectivity index (χ3n) is 12.1. The zero-order valence-corrected chi connectivity index (χ0v) is 47.2. The van der Waals surface area contributed by atoms with Crippen LogP contribution in [0, 0.1) is 0 Å². The third kappa shape index (κ3) is 47.8. The maximum Gasteiger partial charge on any atom is 0.472 e. The summed E-state index contributed by atoms with van der Waals surface area (Å²) in [4.78, 5) is 70.9. The summed E-state index contributed by atoms with van der Waals surface area (Å²) in [7, 11) is -9.83. The fourth-order valence-electron chi connectivity index (χ4n) is 7.69. The molecular formula is C53H102O17P2. The maximum atomic E-state index is 12.8. The van der Waals surface area contributed by atoms with Crippen LogP contribution >= 0.6 is 15.6 Å². The van der Waals surface area contributed by atoms with Crippen LogP contribution in [0.5, 0.6) is 0 Å². The first-order valence-electron chi connectivity index (χ1n) is 28.3. The van der Waals surface area contributed by atoms with Gasteiger partial charge in [-0.2, -0.15) is 0 Å². The molecule has 0 rings (SSSR count). The molecule has 0 radical (unpaired) electrons. The topological polar surface area (TPSA) is 237 Å². The van der Waals surface area contributed by atoms with Gasteiger partial charge in [-0.3, -0.25) is 37.3 Å². The van der Waals surface area contributed by atoms with Crippen molar-refractivity contribution in [2.75, 3.05) is 39.6 Å². The van der Waals surface area contributed by atoms with Gasteiger partial charge in [-0.25, -0.2) is 9.13 Å². The van der Waals surface area contributed by atoms with Crippen molar-refractivity contribution in [3.63, 3.8) is 0 Å². The second kappa shape index (κ2) is 48.7. The number of ether oxygens (including phenoxy) is 4. The first-order valence-corrected chi connectivity index (χ1v) is 31.3. The van der Waals surface area contributed by atoms with Crippen LogP contribution in [-0.2, 0) is 65.4 Å². The van der Waals surface area contributed by atoms with Crippen LogP contribution in [0.4, 0.5) is 0 Å². The van der Waals surface area contributed by atoms with Crippen molar-refractivity contribution in [3.8, 4) is 0 Å². The van der Waals surface area contributed by atoms with E-state index in [0.717, 1.165) is 103 Å². The van der Waals surface area contributed by atoms with Crippen LogP contribution in [-0.4, -0.2) is 96.7 Å². The van der Waals surface area contributed by atoms with Gasteiger partial charge in [0, 0.05) is 25.7 Å². The normalized spacial score (nSPS) is 14.5. The number of aliphatic hydroxyl groups is 1. The lowest BCUT2D eigenvalue weighted by Gasteiger charge is -2.21. The van der Waals surface area contributed by atoms with E-state index in [1.807, 2.05) is 0 Å². The molecule has 3 N–H and O–H groups in total. The molecular weight excluding hydrogens is 971 g/mol. The number of aliphatic hydroxyl groups excluding tert-OH is 1. The number of phosphoric ester groups is 2. The Labute approximate surface area is 435 Å². The van der Waals surface area contributed by atoms with Gasteiger partial charge in [0.05, 0.1) is 26.4 Å². The van der Waals surface area contributed by atoms with Gasteiger partial charge in [-0.1, -0.05) is 207 Å². The van der Waals surface area contributed by atoms with E-state index < -0.39 is 97.5 Å². The molecule has 2 unspecified atom stereocenters. The number of carbonyl (C=O) groups is 4. The third-order valence-corrected chi connectivity index (χ3v) is 14.0. The summed E-state index contributed by atoms with van der Waals surface area (Å²) in [6, 6.07) is 0. The molecule has 0 spiro atoms. The fourth-order valence-corrected chi connectivity index (χ4v) is 9.27. The molecule has 426 valence electrons. The molecule has 0 aliphatic heterocycles. The zero-order chi connectivity index (χ0) is 53.4. The average molecular weight is 1070 g/mol. The maximum absolute atomic E-state index is 12.8. The van der Waals surface area contributed by atoms with E-state index in [2.05, 4.69) is 27.7 Å². The summed E-state index contributed by atoms with van der Waals surface area (Å²) in [6.07, 6.45) is 30.6. The highest BCUT2D eigenvalue weighted by Crippen LogP contribution is 2.45. The Kier molecular flexibility index (Phi) is 47.4. The molecule has 0 amide bonds. The molecule has 0 fully saturated rings. The van der Waals surface area contributed by atoms with Crippen LogP contribution in [0.1, 0.15) is 259 Å². The first kappa shape index (κ1) is 70.1. The van der Waals surface area contributed by atoms with Crippen LogP contribution < -0.4 is 0 Å². The lowest BCUT2D eigenvalue weighted by molar-refractivity contribution is -0.161. The molecule has 72 heavy (non-hydrogen) atoms. The number of carbonyl (C=O) groups excluding carboxylic acids is 4. The van der Waals surface area contributed by atoms with Crippen LogP contribution in [0.15, 0.2) is 0 Å². The highest BCUT2D eigenvalue weighted by atomic mass is 31.2. The van der Waals surface area contributed by atoms with Gasteiger partial charge >= 0.3 is 39.5 Å². The summed E-state index contributed by atoms with van der Waals surface area (Å²) in [6.45, 7) is 4.54. The van der Waals surface area contributed by atoms with Crippen molar-refractivity contribution in [1.29, 1.82) is 0 Å². The standard InChI is InChI=1S/C53H102O17P2/c1-5-9-13-17-18-19-20-21-22-23-24-25-26-27-28-32-36-40-53(58)70-49(44-64-51(56)38-34-30-15-11-7-3)46-68-72(61,62)66-42-47(54)41-65-71(59,60)67-45-48(69-52(57)39-35-31-16-12-8-4)43-63-50(55)37-33-29-14-10-6-2/h47-49,54H,5-46H2,1-4H3,(H,59,60)(H,61,62)/t47-,48+,49+/m0/s1. The summed E-state index contributed by atoms with van der Waals surface area (Å²) < 4.78 is 66.9. The van der Waals surface area contributed by atoms with Gasteiger partial charge in [0.1, 0.15) is 19.3 Å². The number of hydrogen-bond donors (Lipinski definition) is 3. The molecule has 0 bridgehead atoms. The number of rotatable bonds is 54. The quantitative estimate of drug-likeness (QED) is 0.0222. The predicted octanol–water partition coefficient (Wildman–Crippen LogP) is 13.6. The molecule has 0 aromatic heterocycles. The predicted molar refractivity (Wildman–Crippen MR) is 280 cm³/mol. The van der Waals surface area contributed by atoms with Crippen molar-refractivity contribution in [2.24, 2.45) is 0 Å². The molecule has 0 heterocycles. The summed E-state index contributed by atoms with van der Waals surface area (Å²) in [5.74, 6) is -2.18. The van der Waals surface area contributed by atoms with E-state index in [9.17, 15) is 43.2 Å². The lowest BCUT2D eigenvalue weighted by atomic mass is 10.0. The SMILES string of the molecule is CCCCCCCCCCCCCCCCCCCC(=O)O[C@H](COC(=O)CCCCCCC)COP(=O)(O)OC[C@@H](O)COP(=O)(O)OC[C@@H](COC(=O)CCCCCCC)OC(=O)CCCCCCC. The highest BCUT2D eigenvalue weighted by molar-refractivity contribution is 7.47. The molecule has 5 atom stereocenters. The molecule has 0 aromatic rings. The number of phosphoric acid groups is 2. The minimum Gasteiger partial charge on any atom is -0.462 e. The van der Waals surface area contributed by atoms with Crippen molar-refractivity contribution < 1.29 is 80.2 Å². The number of hydrogen-bond acceptors (Lipinski definition) is 15. The molecule has 0 saturated carbocycles. The van der Waals surface area contributed by atoms with Crippen LogP contribution in [0.25, 0.3) is 0 Å². The van der Waals surface area contributed by atoms with Crippen molar-refractivity contribution >= 4 is 39.5 Å². The number of unbranched alkanes of at least 4 members (excludes halogenated alkanes) is 28. The van der Waals surface area contributed by atoms with Gasteiger partial charge in [-0.05, 0) is 25.7 Å². The van der Waals surface area contributed by atoms with Crippen molar-refractivity contribution in [1.82, 2.24) is 0 Å². The minimum atomic E-state index is -4.92. The van der Waals surface area contributed by atoms with Crippen LogP contribution in [0.3, 0.4) is 0 Å². The second-order valence-electron chi connectivity index (χ2n) is 19.3. The molecule has 0 aliphatic rings. The second-order valence-corrected chi connectivity index (χ2v) is 22.2. The smallest absolute Gasteiger partial charge is 0.462 e. The van der Waals surface area contributed by atoms with Gasteiger partial charge in [-0.15, -0.1) is 0 Å². The lowest BCUT2D eigenvalue weighted by Crippen LogP contribution is -2.30. The highest BCUT2D eigenvalue weighted by Gasteiger charge is 2.30. The zero-order valence-electron chi connectivity index (χ0n) is 45.4. The van der Waals surface area contributed by atoms with Crippen LogP contribution in [0.2, 0.25) is 0 Å². The van der Waals surface area contributed by atoms with E-state index in [1.165, 1.54) is 77.0 Å². The van der Waals surface area contributed by atoms with E-state index in [1.54, 1.807) is 0 Å². The Bertz CT molecular complexity index is 1420. The Hall–Kier alpha value is -1.94. The largest absolute Gasteiger partial charge is 0.472 e. The molecule has 17 nitrogen and oxygen atoms in total. The molecule has 0 aliphatic carbocycles. The molecule has 19 heteroatoms. The minimum absolute atomic E-state index is 0.0988.